The molecule has 2 aromatic carbocycles. The maximum atomic E-state index is 12.9. The first kappa shape index (κ1) is 19.0. The summed E-state index contributed by atoms with van der Waals surface area (Å²) < 4.78 is 7.55. The Morgan fingerprint density at radius 3 is 2.50 bits per heavy atom. The minimum atomic E-state index is -0.279. The van der Waals surface area contributed by atoms with E-state index in [0.29, 0.717) is 17.3 Å². The molecule has 1 saturated heterocycles. The number of carbonyl (C=O) groups is 1. The topological polar surface area (TPSA) is 34.5 Å². The van der Waals surface area contributed by atoms with Gasteiger partial charge in [0, 0.05) is 28.9 Å². The van der Waals surface area contributed by atoms with Gasteiger partial charge in [-0.1, -0.05) is 48.0 Å². The second-order valence-corrected chi connectivity index (χ2v) is 7.61. The average molecular weight is 397 g/mol. The zero-order valence-corrected chi connectivity index (χ0v) is 16.9. The summed E-state index contributed by atoms with van der Waals surface area (Å²) in [6, 6.07) is 15.9. The van der Waals surface area contributed by atoms with E-state index in [9.17, 15) is 4.79 Å². The van der Waals surface area contributed by atoms with Gasteiger partial charge in [0.15, 0.2) is 0 Å². The summed E-state index contributed by atoms with van der Waals surface area (Å²) in [5, 5.41) is 2.54. The quantitative estimate of drug-likeness (QED) is 0.535. The molecule has 28 heavy (non-hydrogen) atoms. The fourth-order valence-electron chi connectivity index (χ4n) is 4.12. The number of likely N-dealkylation sites (tertiary alicyclic amines) is 1. The number of esters is 1. The van der Waals surface area contributed by atoms with Crippen LogP contribution in [0.15, 0.2) is 48.5 Å². The van der Waals surface area contributed by atoms with Crippen molar-refractivity contribution in [2.45, 2.75) is 26.3 Å². The third-order valence-electron chi connectivity index (χ3n) is 5.39. The van der Waals surface area contributed by atoms with E-state index in [1.807, 2.05) is 43.3 Å². The van der Waals surface area contributed by atoms with E-state index in [0.717, 1.165) is 48.2 Å². The molecule has 1 aliphatic rings. The predicted octanol–water partition coefficient (Wildman–Crippen LogP) is 5.23. The lowest BCUT2D eigenvalue weighted by molar-refractivity contribution is 0.0516. The van der Waals surface area contributed by atoms with E-state index in [1.165, 1.54) is 12.8 Å². The van der Waals surface area contributed by atoms with Crippen molar-refractivity contribution >= 4 is 28.3 Å². The number of hydrogen-bond donors (Lipinski definition) is 0. The molecule has 146 valence electrons. The van der Waals surface area contributed by atoms with E-state index in [4.69, 9.17) is 16.3 Å². The van der Waals surface area contributed by atoms with Crippen LogP contribution in [0.3, 0.4) is 0 Å². The van der Waals surface area contributed by atoms with Crippen LogP contribution >= 0.6 is 11.6 Å². The molecule has 5 heteroatoms. The van der Waals surface area contributed by atoms with Gasteiger partial charge in [0.25, 0.3) is 0 Å². The SMILES string of the molecule is CCOC(=O)c1c2ccc(Cl)cc2c(-c2ccccc2)n1CCN1CCCC1. The second kappa shape index (κ2) is 8.38. The van der Waals surface area contributed by atoms with Crippen molar-refractivity contribution in [1.82, 2.24) is 9.47 Å². The van der Waals surface area contributed by atoms with E-state index in [1.54, 1.807) is 0 Å². The molecule has 1 aromatic heterocycles. The third kappa shape index (κ3) is 3.67. The van der Waals surface area contributed by atoms with Crippen molar-refractivity contribution in [3.63, 3.8) is 0 Å². The zero-order chi connectivity index (χ0) is 19.5. The van der Waals surface area contributed by atoms with Crippen LogP contribution in [-0.2, 0) is 11.3 Å². The Balaban J connectivity index is 1.90. The summed E-state index contributed by atoms with van der Waals surface area (Å²) in [6.45, 7) is 6.11. The highest BCUT2D eigenvalue weighted by atomic mass is 35.5. The molecular formula is C23H25ClN2O2. The molecule has 2 heterocycles. The molecule has 0 spiro atoms. The molecule has 1 aliphatic heterocycles. The van der Waals surface area contributed by atoms with Crippen molar-refractivity contribution < 1.29 is 9.53 Å². The molecule has 4 rings (SSSR count). The fourth-order valence-corrected chi connectivity index (χ4v) is 4.29. The number of aromatic nitrogens is 1. The summed E-state index contributed by atoms with van der Waals surface area (Å²) in [4.78, 5) is 15.4. The number of halogens is 1. The minimum Gasteiger partial charge on any atom is -0.461 e. The lowest BCUT2D eigenvalue weighted by atomic mass is 10.1. The Kier molecular flexibility index (Phi) is 5.69. The van der Waals surface area contributed by atoms with Gasteiger partial charge in [0.05, 0.1) is 12.3 Å². The van der Waals surface area contributed by atoms with Gasteiger partial charge in [0.1, 0.15) is 5.69 Å². The highest BCUT2D eigenvalue weighted by Crippen LogP contribution is 2.36. The van der Waals surface area contributed by atoms with E-state index < -0.39 is 0 Å². The number of fused-ring (bicyclic) bond motifs is 1. The third-order valence-corrected chi connectivity index (χ3v) is 5.62. The molecule has 1 fully saturated rings. The van der Waals surface area contributed by atoms with Gasteiger partial charge < -0.3 is 14.2 Å². The summed E-state index contributed by atoms with van der Waals surface area (Å²) in [6.07, 6.45) is 2.50. The van der Waals surface area contributed by atoms with Crippen LogP contribution in [0.2, 0.25) is 5.02 Å². The lowest BCUT2D eigenvalue weighted by Crippen LogP contribution is -2.26. The Bertz CT molecular complexity index is 975. The van der Waals surface area contributed by atoms with Gasteiger partial charge in [-0.15, -0.1) is 0 Å². The number of hydrogen-bond acceptors (Lipinski definition) is 3. The fraction of sp³-hybridized carbons (Fsp3) is 0.348. The molecule has 0 aliphatic carbocycles. The maximum absolute atomic E-state index is 12.9. The molecule has 0 atom stereocenters. The van der Waals surface area contributed by atoms with Crippen LogP contribution in [-0.4, -0.2) is 41.7 Å². The van der Waals surface area contributed by atoms with Crippen LogP contribution in [0, 0.1) is 0 Å². The van der Waals surface area contributed by atoms with Gasteiger partial charge in [-0.25, -0.2) is 4.79 Å². The first-order chi connectivity index (χ1) is 13.7. The summed E-state index contributed by atoms with van der Waals surface area (Å²) in [5.74, 6) is -0.279. The van der Waals surface area contributed by atoms with Crippen molar-refractivity contribution in [3.05, 3.63) is 59.2 Å². The first-order valence-corrected chi connectivity index (χ1v) is 10.3. The molecule has 0 unspecified atom stereocenters. The van der Waals surface area contributed by atoms with Gasteiger partial charge in [-0.2, -0.15) is 0 Å². The summed E-state index contributed by atoms with van der Waals surface area (Å²) in [5.41, 5.74) is 2.72. The molecular weight excluding hydrogens is 372 g/mol. The lowest BCUT2D eigenvalue weighted by Gasteiger charge is -2.18. The highest BCUT2D eigenvalue weighted by Gasteiger charge is 2.25. The largest absolute Gasteiger partial charge is 0.461 e. The van der Waals surface area contributed by atoms with E-state index in [-0.39, 0.29) is 5.97 Å². The van der Waals surface area contributed by atoms with Gasteiger partial charge in [-0.05, 0) is 50.6 Å². The first-order valence-electron chi connectivity index (χ1n) is 9.95. The molecule has 3 aromatic rings. The van der Waals surface area contributed by atoms with Crippen LogP contribution in [0.25, 0.3) is 22.0 Å². The summed E-state index contributed by atoms with van der Waals surface area (Å²) in [7, 11) is 0. The highest BCUT2D eigenvalue weighted by molar-refractivity contribution is 6.31. The van der Waals surface area contributed by atoms with E-state index in [2.05, 4.69) is 21.6 Å². The van der Waals surface area contributed by atoms with Crippen LogP contribution < -0.4 is 0 Å². The normalized spacial score (nSPS) is 14.6. The van der Waals surface area contributed by atoms with Crippen molar-refractivity contribution in [2.75, 3.05) is 26.2 Å². The standard InChI is InChI=1S/C23H25ClN2O2/c1-2-28-23(27)22-19-11-10-18(24)16-20(19)21(17-8-4-3-5-9-17)26(22)15-14-25-12-6-7-13-25/h3-5,8-11,16H,2,6-7,12-15H2,1H3. The zero-order valence-electron chi connectivity index (χ0n) is 16.2. The molecule has 0 bridgehead atoms. The molecule has 0 saturated carbocycles. The smallest absolute Gasteiger partial charge is 0.355 e. The summed E-state index contributed by atoms with van der Waals surface area (Å²) >= 11 is 6.33. The molecule has 0 N–H and O–H groups in total. The molecule has 0 radical (unpaired) electrons. The van der Waals surface area contributed by atoms with Crippen molar-refractivity contribution in [2.24, 2.45) is 0 Å². The minimum absolute atomic E-state index is 0.279. The number of rotatable bonds is 6. The van der Waals surface area contributed by atoms with E-state index >= 15 is 0 Å². The van der Waals surface area contributed by atoms with Crippen LogP contribution in [0.5, 0.6) is 0 Å². The Morgan fingerprint density at radius 1 is 1.04 bits per heavy atom. The van der Waals surface area contributed by atoms with Crippen molar-refractivity contribution in [3.8, 4) is 11.3 Å². The maximum Gasteiger partial charge on any atom is 0.355 e. The number of nitrogens with zero attached hydrogens (tertiary/aromatic N) is 2. The number of ether oxygens (including phenoxy) is 1. The van der Waals surface area contributed by atoms with Gasteiger partial charge >= 0.3 is 5.97 Å². The van der Waals surface area contributed by atoms with Crippen molar-refractivity contribution in [1.29, 1.82) is 0 Å². The predicted molar refractivity (Wildman–Crippen MR) is 114 cm³/mol. The van der Waals surface area contributed by atoms with Crippen LogP contribution in [0.1, 0.15) is 30.3 Å². The second-order valence-electron chi connectivity index (χ2n) is 7.17. The monoisotopic (exact) mass is 396 g/mol. The average Bonchev–Trinajstić information content (AvgIpc) is 3.32. The Morgan fingerprint density at radius 2 is 1.79 bits per heavy atom. The number of benzene rings is 2. The van der Waals surface area contributed by atoms with Gasteiger partial charge in [-0.3, -0.25) is 0 Å². The molecule has 4 nitrogen and oxygen atoms in total. The Hall–Kier alpha value is -2.30. The molecule has 0 amide bonds. The Labute approximate surface area is 170 Å². The van der Waals surface area contributed by atoms with Gasteiger partial charge in [0.2, 0.25) is 0 Å². The van der Waals surface area contributed by atoms with Crippen LogP contribution in [0.4, 0.5) is 0 Å². The number of carbonyl (C=O) groups excluding carboxylic acids is 1.